The molecule has 1 aliphatic carbocycles. The van der Waals surface area contributed by atoms with Gasteiger partial charge in [-0.15, -0.1) is 0 Å². The Balaban J connectivity index is 1.47. The van der Waals surface area contributed by atoms with Gasteiger partial charge in [0.25, 0.3) is 10.0 Å². The Morgan fingerprint density at radius 3 is 2.29 bits per heavy atom. The molecular weight excluding hydrogens is 448 g/mol. The molecule has 172 valence electrons. The lowest BCUT2D eigenvalue weighted by Gasteiger charge is -2.24. The van der Waals surface area contributed by atoms with Crippen LogP contribution < -0.4 is 14.4 Å². The highest BCUT2D eigenvalue weighted by Gasteiger charge is 2.27. The van der Waals surface area contributed by atoms with E-state index >= 15 is 0 Å². The van der Waals surface area contributed by atoms with Crippen LogP contribution in [-0.4, -0.2) is 28.0 Å². The highest BCUT2D eigenvalue weighted by atomic mass is 32.2. The average Bonchev–Trinajstić information content (AvgIpc) is 3.29. The number of benzene rings is 4. The Labute approximate surface area is 198 Å². The molecule has 0 atom stereocenters. The second kappa shape index (κ2) is 8.83. The number of rotatable bonds is 7. The van der Waals surface area contributed by atoms with E-state index in [-0.39, 0.29) is 11.4 Å². The lowest BCUT2D eigenvalue weighted by atomic mass is 10.0. The maximum Gasteiger partial charge on any atom is 0.264 e. The van der Waals surface area contributed by atoms with Crippen molar-refractivity contribution in [1.82, 2.24) is 0 Å². The van der Waals surface area contributed by atoms with Gasteiger partial charge in [-0.3, -0.25) is 9.10 Å². The summed E-state index contributed by atoms with van der Waals surface area (Å²) in [6.07, 6.45) is 1.98. The Bertz CT molecular complexity index is 1460. The van der Waals surface area contributed by atoms with Crippen LogP contribution >= 0.6 is 0 Å². The number of para-hydroxylation sites is 1. The van der Waals surface area contributed by atoms with Crippen molar-refractivity contribution in [3.63, 3.8) is 0 Å². The highest BCUT2D eigenvalue weighted by Crippen LogP contribution is 2.35. The molecule has 1 amide bonds. The summed E-state index contributed by atoms with van der Waals surface area (Å²) < 4.78 is 33.3. The first-order chi connectivity index (χ1) is 16.5. The smallest absolute Gasteiger partial charge is 0.264 e. The van der Waals surface area contributed by atoms with Crippen molar-refractivity contribution in [3.8, 4) is 5.75 Å². The van der Waals surface area contributed by atoms with Gasteiger partial charge in [0.2, 0.25) is 5.91 Å². The molecule has 4 aromatic carbocycles. The summed E-state index contributed by atoms with van der Waals surface area (Å²) in [6.45, 7) is -0.360. The van der Waals surface area contributed by atoms with E-state index < -0.39 is 15.9 Å². The van der Waals surface area contributed by atoms with Gasteiger partial charge in [0.15, 0.2) is 0 Å². The first-order valence-electron chi connectivity index (χ1n) is 11.0. The third-order valence-corrected chi connectivity index (χ3v) is 7.92. The fraction of sp³-hybridized carbons (Fsp3) is 0.148. The van der Waals surface area contributed by atoms with E-state index in [1.54, 1.807) is 42.5 Å². The Morgan fingerprint density at radius 2 is 1.59 bits per heavy atom. The Morgan fingerprint density at radius 1 is 0.882 bits per heavy atom. The molecule has 1 N–H and O–H groups in total. The standard InChI is InChI=1S/C27H24N2O4S/c1-33-22-13-15-23(16-14-22)34(31,32)29(21-7-3-2-4-8-21)18-26(30)28-25-17-12-20-11-10-19-6-5-9-24(25)27(19)20/h2-9,12-17H,10-11,18H2,1H3,(H,28,30). The van der Waals surface area contributed by atoms with E-state index in [0.29, 0.717) is 17.1 Å². The quantitative estimate of drug-likeness (QED) is 0.420. The van der Waals surface area contributed by atoms with Gasteiger partial charge in [0.1, 0.15) is 12.3 Å². The van der Waals surface area contributed by atoms with E-state index in [4.69, 9.17) is 4.74 Å². The van der Waals surface area contributed by atoms with Crippen LogP contribution in [-0.2, 0) is 27.7 Å². The lowest BCUT2D eigenvalue weighted by Crippen LogP contribution is -2.38. The molecule has 0 fully saturated rings. The topological polar surface area (TPSA) is 75.7 Å². The number of carbonyl (C=O) groups is 1. The fourth-order valence-electron chi connectivity index (χ4n) is 4.46. The molecule has 0 saturated heterocycles. The summed E-state index contributed by atoms with van der Waals surface area (Å²) in [5, 5.41) is 5.11. The normalized spacial score (nSPS) is 12.5. The molecule has 34 heavy (non-hydrogen) atoms. The Hall–Kier alpha value is -3.84. The Kier molecular flexibility index (Phi) is 5.71. The van der Waals surface area contributed by atoms with Crippen molar-refractivity contribution in [3.05, 3.63) is 96.1 Å². The molecule has 0 spiro atoms. The second-order valence-electron chi connectivity index (χ2n) is 8.18. The van der Waals surface area contributed by atoms with Gasteiger partial charge < -0.3 is 10.1 Å². The van der Waals surface area contributed by atoms with Gasteiger partial charge in [0, 0.05) is 11.1 Å². The molecule has 6 nitrogen and oxygen atoms in total. The predicted octanol–water partition coefficient (Wildman–Crippen LogP) is 4.78. The average molecular weight is 473 g/mol. The van der Waals surface area contributed by atoms with Gasteiger partial charge in [-0.25, -0.2) is 8.42 Å². The molecular formula is C27H24N2O4S. The molecule has 4 aromatic rings. The number of aryl methyl sites for hydroxylation is 2. The van der Waals surface area contributed by atoms with Gasteiger partial charge >= 0.3 is 0 Å². The fourth-order valence-corrected chi connectivity index (χ4v) is 5.88. The third-order valence-electron chi connectivity index (χ3n) is 6.13. The number of ether oxygens (including phenoxy) is 1. The van der Waals surface area contributed by atoms with Crippen molar-refractivity contribution in [2.24, 2.45) is 0 Å². The van der Waals surface area contributed by atoms with Crippen LogP contribution in [0.4, 0.5) is 11.4 Å². The van der Waals surface area contributed by atoms with Crippen molar-refractivity contribution >= 4 is 38.1 Å². The highest BCUT2D eigenvalue weighted by molar-refractivity contribution is 7.92. The number of nitrogens with zero attached hydrogens (tertiary/aromatic N) is 1. The minimum atomic E-state index is -4.00. The molecule has 0 unspecified atom stereocenters. The number of anilines is 2. The van der Waals surface area contributed by atoms with E-state index in [1.807, 2.05) is 24.3 Å². The molecule has 0 saturated carbocycles. The van der Waals surface area contributed by atoms with E-state index in [2.05, 4.69) is 11.4 Å². The summed E-state index contributed by atoms with van der Waals surface area (Å²) in [7, 11) is -2.48. The summed E-state index contributed by atoms with van der Waals surface area (Å²) >= 11 is 0. The largest absolute Gasteiger partial charge is 0.497 e. The van der Waals surface area contributed by atoms with Gasteiger partial charge in [0.05, 0.1) is 17.7 Å². The maximum absolute atomic E-state index is 13.5. The van der Waals surface area contributed by atoms with Crippen molar-refractivity contribution < 1.29 is 17.9 Å². The van der Waals surface area contributed by atoms with Crippen LogP contribution in [0.3, 0.4) is 0 Å². The van der Waals surface area contributed by atoms with E-state index in [1.165, 1.54) is 35.8 Å². The number of nitrogens with one attached hydrogen (secondary N) is 1. The monoisotopic (exact) mass is 472 g/mol. The minimum absolute atomic E-state index is 0.0790. The lowest BCUT2D eigenvalue weighted by molar-refractivity contribution is -0.114. The minimum Gasteiger partial charge on any atom is -0.497 e. The van der Waals surface area contributed by atoms with Gasteiger partial charge in [-0.1, -0.05) is 42.5 Å². The van der Waals surface area contributed by atoms with Crippen molar-refractivity contribution in [1.29, 1.82) is 0 Å². The second-order valence-corrected chi connectivity index (χ2v) is 10.0. The summed E-state index contributed by atoms with van der Waals surface area (Å²) in [5.74, 6) is 0.134. The number of hydrogen-bond acceptors (Lipinski definition) is 4. The van der Waals surface area contributed by atoms with E-state index in [0.717, 1.165) is 22.5 Å². The molecule has 0 heterocycles. The molecule has 0 radical (unpaired) electrons. The number of methoxy groups -OCH3 is 1. The van der Waals surface area contributed by atoms with Crippen LogP contribution in [0.2, 0.25) is 0 Å². The van der Waals surface area contributed by atoms with E-state index in [9.17, 15) is 13.2 Å². The van der Waals surface area contributed by atoms with Crippen LogP contribution in [0.15, 0.2) is 89.8 Å². The number of amides is 1. The van der Waals surface area contributed by atoms with Crippen LogP contribution in [0.5, 0.6) is 5.75 Å². The summed E-state index contributed by atoms with van der Waals surface area (Å²) in [6, 6.07) is 24.8. The van der Waals surface area contributed by atoms with Gasteiger partial charge in [-0.05, 0) is 71.8 Å². The summed E-state index contributed by atoms with van der Waals surface area (Å²) in [5.41, 5.74) is 3.64. The molecule has 1 aliphatic rings. The first-order valence-corrected chi connectivity index (χ1v) is 12.5. The first kappa shape index (κ1) is 22.0. The molecule has 7 heteroatoms. The zero-order valence-electron chi connectivity index (χ0n) is 18.7. The third kappa shape index (κ3) is 3.99. The molecule has 0 bridgehead atoms. The number of carbonyl (C=O) groups excluding carboxylic acids is 1. The SMILES string of the molecule is COc1ccc(S(=O)(=O)N(CC(=O)Nc2ccc3c4c(cccc24)CC3)c2ccccc2)cc1. The zero-order chi connectivity index (χ0) is 23.7. The molecule has 0 aromatic heterocycles. The summed E-state index contributed by atoms with van der Waals surface area (Å²) in [4.78, 5) is 13.2. The predicted molar refractivity (Wildman–Crippen MR) is 134 cm³/mol. The molecule has 0 aliphatic heterocycles. The maximum atomic E-state index is 13.5. The zero-order valence-corrected chi connectivity index (χ0v) is 19.5. The molecule has 5 rings (SSSR count). The van der Waals surface area contributed by atoms with Crippen LogP contribution in [0.25, 0.3) is 10.8 Å². The van der Waals surface area contributed by atoms with Crippen molar-refractivity contribution in [2.45, 2.75) is 17.7 Å². The van der Waals surface area contributed by atoms with Crippen LogP contribution in [0.1, 0.15) is 11.1 Å². The number of hydrogen-bond donors (Lipinski definition) is 1. The van der Waals surface area contributed by atoms with Crippen molar-refractivity contribution in [2.75, 3.05) is 23.3 Å². The number of sulfonamides is 1. The van der Waals surface area contributed by atoms with Crippen LogP contribution in [0, 0.1) is 0 Å². The van der Waals surface area contributed by atoms with Gasteiger partial charge in [-0.2, -0.15) is 0 Å².